The minimum Gasteiger partial charge on any atom is -0.465 e. The molecule has 0 fully saturated rings. The van der Waals surface area contributed by atoms with Crippen molar-refractivity contribution in [1.29, 1.82) is 0 Å². The second kappa shape index (κ2) is 8.55. The molecule has 8 nitrogen and oxygen atoms in total. The van der Waals surface area contributed by atoms with E-state index in [1.165, 1.54) is 7.11 Å². The lowest BCUT2D eigenvalue weighted by atomic mass is 10.2. The first-order chi connectivity index (χ1) is 13.9. The van der Waals surface area contributed by atoms with Gasteiger partial charge in [-0.25, -0.2) is 9.78 Å². The molecule has 2 heterocycles. The average Bonchev–Trinajstić information content (AvgIpc) is 3.12. The fourth-order valence-corrected chi connectivity index (χ4v) is 2.80. The number of para-hydroxylation sites is 1. The van der Waals surface area contributed by atoms with Gasteiger partial charge in [-0.3, -0.25) is 14.0 Å². The van der Waals surface area contributed by atoms with Crippen molar-refractivity contribution in [2.45, 2.75) is 13.8 Å². The summed E-state index contributed by atoms with van der Waals surface area (Å²) in [5, 5.41) is 5.50. The van der Waals surface area contributed by atoms with Crippen LogP contribution in [0.4, 0.5) is 5.69 Å². The number of benzene rings is 1. The summed E-state index contributed by atoms with van der Waals surface area (Å²) in [4.78, 5) is 41.7. The van der Waals surface area contributed by atoms with E-state index in [1.54, 1.807) is 53.1 Å². The number of ether oxygens (including phenoxy) is 1. The van der Waals surface area contributed by atoms with Crippen molar-refractivity contribution >= 4 is 29.0 Å². The summed E-state index contributed by atoms with van der Waals surface area (Å²) >= 11 is 0. The molecule has 0 saturated carbocycles. The Bertz CT molecular complexity index is 1070. The lowest BCUT2D eigenvalue weighted by Gasteiger charge is -2.09. The zero-order valence-corrected chi connectivity index (χ0v) is 16.4. The van der Waals surface area contributed by atoms with Gasteiger partial charge in [0.2, 0.25) is 5.82 Å². The summed E-state index contributed by atoms with van der Waals surface area (Å²) in [7, 11) is 1.27. The molecular weight excluding hydrogens is 372 g/mol. The van der Waals surface area contributed by atoms with Gasteiger partial charge in [0.25, 0.3) is 11.8 Å². The molecule has 3 rings (SSSR count). The second-order valence-electron chi connectivity index (χ2n) is 6.84. The summed E-state index contributed by atoms with van der Waals surface area (Å²) in [5.41, 5.74) is 1.19. The second-order valence-corrected chi connectivity index (χ2v) is 6.84. The number of carbonyl (C=O) groups is 3. The number of aromatic nitrogens is 2. The van der Waals surface area contributed by atoms with Crippen LogP contribution in [0.15, 0.2) is 48.7 Å². The molecule has 0 radical (unpaired) electrons. The Morgan fingerprint density at radius 3 is 2.52 bits per heavy atom. The summed E-state index contributed by atoms with van der Waals surface area (Å²) < 4.78 is 6.29. The molecule has 0 aliphatic heterocycles. The molecule has 0 bridgehead atoms. The van der Waals surface area contributed by atoms with E-state index in [2.05, 4.69) is 15.6 Å². The van der Waals surface area contributed by atoms with Crippen LogP contribution in [-0.2, 0) is 4.74 Å². The fourth-order valence-electron chi connectivity index (χ4n) is 2.80. The van der Waals surface area contributed by atoms with Gasteiger partial charge in [0.1, 0.15) is 0 Å². The van der Waals surface area contributed by atoms with Gasteiger partial charge >= 0.3 is 5.97 Å². The number of imidazole rings is 1. The van der Waals surface area contributed by atoms with Crippen molar-refractivity contribution in [3.05, 3.63) is 65.7 Å². The molecule has 0 atom stereocenters. The number of hydrogen-bond donors (Lipinski definition) is 2. The van der Waals surface area contributed by atoms with Crippen LogP contribution in [0, 0.1) is 5.92 Å². The number of pyridine rings is 1. The predicted molar refractivity (Wildman–Crippen MR) is 108 cm³/mol. The zero-order chi connectivity index (χ0) is 21.0. The number of carbonyl (C=O) groups excluding carboxylic acids is 3. The van der Waals surface area contributed by atoms with Crippen LogP contribution in [0.25, 0.3) is 5.52 Å². The Hall–Kier alpha value is -3.68. The fraction of sp³-hybridized carbons (Fsp3) is 0.238. The van der Waals surface area contributed by atoms with Crippen LogP contribution in [-0.4, -0.2) is 40.8 Å². The number of fused-ring (bicyclic) bond motifs is 1. The lowest BCUT2D eigenvalue weighted by Crippen LogP contribution is -2.27. The molecule has 0 saturated heterocycles. The summed E-state index contributed by atoms with van der Waals surface area (Å²) in [6, 6.07) is 11.7. The van der Waals surface area contributed by atoms with Gasteiger partial charge in [0, 0.05) is 12.7 Å². The third-order valence-corrected chi connectivity index (χ3v) is 4.22. The Kier molecular flexibility index (Phi) is 5.92. The number of amides is 2. The third-order valence-electron chi connectivity index (χ3n) is 4.22. The van der Waals surface area contributed by atoms with Crippen LogP contribution in [0.5, 0.6) is 0 Å². The first-order valence-corrected chi connectivity index (χ1v) is 9.16. The smallest absolute Gasteiger partial charge is 0.339 e. The standard InChI is InChI=1S/C21H22N4O4/c1-13(2)12-22-19(26)17-16-10-6-7-11-25(16)18(24-17)20(27)23-15-9-5-4-8-14(15)21(28)29-3/h4-11,13H,12H2,1-3H3,(H,22,26)(H,23,27). The van der Waals surface area contributed by atoms with Crippen molar-refractivity contribution in [3.63, 3.8) is 0 Å². The Labute approximate surface area is 167 Å². The van der Waals surface area contributed by atoms with Crippen molar-refractivity contribution in [3.8, 4) is 0 Å². The van der Waals surface area contributed by atoms with Crippen molar-refractivity contribution in [2.24, 2.45) is 5.92 Å². The number of esters is 1. The molecule has 2 N–H and O–H groups in total. The maximum atomic E-state index is 12.9. The lowest BCUT2D eigenvalue weighted by molar-refractivity contribution is 0.0601. The van der Waals surface area contributed by atoms with Crippen LogP contribution in [0.2, 0.25) is 0 Å². The number of nitrogens with zero attached hydrogens (tertiary/aromatic N) is 2. The molecule has 1 aromatic carbocycles. The minimum absolute atomic E-state index is 0.0370. The van der Waals surface area contributed by atoms with E-state index in [0.29, 0.717) is 17.7 Å². The number of rotatable bonds is 6. The molecule has 0 aliphatic carbocycles. The first-order valence-electron chi connectivity index (χ1n) is 9.16. The van der Waals surface area contributed by atoms with E-state index in [1.807, 2.05) is 13.8 Å². The van der Waals surface area contributed by atoms with Crippen LogP contribution in [0.1, 0.15) is 45.3 Å². The SMILES string of the molecule is COC(=O)c1ccccc1NC(=O)c1nc(C(=O)NCC(C)C)c2ccccn12. The van der Waals surface area contributed by atoms with E-state index in [9.17, 15) is 14.4 Å². The van der Waals surface area contributed by atoms with Crippen LogP contribution < -0.4 is 10.6 Å². The minimum atomic E-state index is -0.567. The number of nitrogens with one attached hydrogen (secondary N) is 2. The average molecular weight is 394 g/mol. The van der Waals surface area contributed by atoms with Gasteiger partial charge in [-0.1, -0.05) is 32.0 Å². The van der Waals surface area contributed by atoms with Gasteiger partial charge in [0.05, 0.1) is 23.9 Å². The predicted octanol–water partition coefficient (Wildman–Crippen LogP) is 2.76. The number of methoxy groups -OCH3 is 1. The van der Waals surface area contributed by atoms with Crippen LogP contribution >= 0.6 is 0 Å². The topological polar surface area (TPSA) is 102 Å². The van der Waals surface area contributed by atoms with Crippen molar-refractivity contribution < 1.29 is 19.1 Å². The summed E-state index contributed by atoms with van der Waals surface area (Å²) in [6.07, 6.45) is 1.66. The Morgan fingerprint density at radius 2 is 1.79 bits per heavy atom. The molecule has 0 unspecified atom stereocenters. The van der Waals surface area contributed by atoms with Gasteiger partial charge in [-0.15, -0.1) is 0 Å². The van der Waals surface area contributed by atoms with Gasteiger partial charge in [-0.05, 0) is 30.2 Å². The summed E-state index contributed by atoms with van der Waals surface area (Å²) in [5.74, 6) is -1.15. The zero-order valence-electron chi connectivity index (χ0n) is 16.4. The van der Waals surface area contributed by atoms with Crippen molar-refractivity contribution in [2.75, 3.05) is 19.0 Å². The van der Waals surface area contributed by atoms with E-state index < -0.39 is 11.9 Å². The van der Waals surface area contributed by atoms with Gasteiger partial charge in [0.15, 0.2) is 5.69 Å². The van der Waals surface area contributed by atoms with E-state index in [-0.39, 0.29) is 28.9 Å². The van der Waals surface area contributed by atoms with E-state index in [4.69, 9.17) is 4.74 Å². The van der Waals surface area contributed by atoms with Gasteiger partial charge in [-0.2, -0.15) is 0 Å². The van der Waals surface area contributed by atoms with E-state index in [0.717, 1.165) is 0 Å². The summed E-state index contributed by atoms with van der Waals surface area (Å²) in [6.45, 7) is 4.48. The first kappa shape index (κ1) is 20.1. The molecular formula is C21H22N4O4. The molecule has 0 aliphatic rings. The number of hydrogen-bond acceptors (Lipinski definition) is 5. The third kappa shape index (κ3) is 4.26. The highest BCUT2D eigenvalue weighted by atomic mass is 16.5. The quantitative estimate of drug-likeness (QED) is 0.626. The Morgan fingerprint density at radius 1 is 1.07 bits per heavy atom. The largest absolute Gasteiger partial charge is 0.465 e. The van der Waals surface area contributed by atoms with E-state index >= 15 is 0 Å². The maximum absolute atomic E-state index is 12.9. The molecule has 2 aromatic heterocycles. The number of anilines is 1. The van der Waals surface area contributed by atoms with Crippen molar-refractivity contribution in [1.82, 2.24) is 14.7 Å². The molecule has 29 heavy (non-hydrogen) atoms. The Balaban J connectivity index is 1.95. The highest BCUT2D eigenvalue weighted by molar-refractivity contribution is 6.08. The van der Waals surface area contributed by atoms with Gasteiger partial charge < -0.3 is 15.4 Å². The maximum Gasteiger partial charge on any atom is 0.339 e. The molecule has 0 spiro atoms. The van der Waals surface area contributed by atoms with Crippen LogP contribution in [0.3, 0.4) is 0 Å². The monoisotopic (exact) mass is 394 g/mol. The molecule has 8 heteroatoms. The highest BCUT2D eigenvalue weighted by Gasteiger charge is 2.23. The highest BCUT2D eigenvalue weighted by Crippen LogP contribution is 2.19. The normalized spacial score (nSPS) is 10.8. The molecule has 150 valence electrons. The molecule has 3 aromatic rings. The molecule has 2 amide bonds.